The van der Waals surface area contributed by atoms with Crippen molar-refractivity contribution in [3.05, 3.63) is 94.4 Å². The Morgan fingerprint density at radius 1 is 1.03 bits per heavy atom. The molecule has 5 aromatic rings. The molecule has 0 saturated heterocycles. The second-order valence-corrected chi connectivity index (χ2v) is 7.93. The Balaban J connectivity index is 1.58. The summed E-state index contributed by atoms with van der Waals surface area (Å²) in [4.78, 5) is 17.8. The zero-order valence-electron chi connectivity index (χ0n) is 18.9. The Bertz CT molecular complexity index is 1540. The van der Waals surface area contributed by atoms with Gasteiger partial charge in [0.1, 0.15) is 11.6 Å². The highest BCUT2D eigenvalue weighted by Crippen LogP contribution is 2.29. The predicted molar refractivity (Wildman–Crippen MR) is 128 cm³/mol. The number of para-hydroxylation sites is 1. The molecule has 3 heterocycles. The van der Waals surface area contributed by atoms with Crippen molar-refractivity contribution in [1.29, 1.82) is 0 Å². The Morgan fingerprint density at radius 3 is 2.59 bits per heavy atom. The Labute approximate surface area is 195 Å². The molecule has 0 bridgehead atoms. The lowest BCUT2D eigenvalue weighted by molar-refractivity contribution is 0.181. The number of fused-ring (bicyclic) bond motifs is 3. The normalized spacial score (nSPS) is 11.4. The molecule has 0 aliphatic carbocycles. The SMILES string of the molecule is COCc1nn2c(ncc3c(=O)n(CCc4ccccc4OC)ccc32)c1-c1ccc(F)cc1. The van der Waals surface area contributed by atoms with Crippen LogP contribution in [0.2, 0.25) is 0 Å². The van der Waals surface area contributed by atoms with Crippen LogP contribution in [0.25, 0.3) is 27.7 Å². The van der Waals surface area contributed by atoms with E-state index in [4.69, 9.17) is 9.47 Å². The number of aryl methyl sites for hydroxylation is 2. The number of rotatable bonds is 7. The smallest absolute Gasteiger partial charge is 0.261 e. The van der Waals surface area contributed by atoms with Gasteiger partial charge >= 0.3 is 0 Å². The first-order chi connectivity index (χ1) is 16.6. The van der Waals surface area contributed by atoms with Gasteiger partial charge < -0.3 is 14.0 Å². The monoisotopic (exact) mass is 458 g/mol. The number of benzene rings is 2. The van der Waals surface area contributed by atoms with Crippen molar-refractivity contribution in [3.8, 4) is 16.9 Å². The third-order valence-electron chi connectivity index (χ3n) is 5.89. The lowest BCUT2D eigenvalue weighted by atomic mass is 10.1. The van der Waals surface area contributed by atoms with Gasteiger partial charge in [-0.15, -0.1) is 0 Å². The van der Waals surface area contributed by atoms with Gasteiger partial charge in [-0.3, -0.25) is 4.79 Å². The number of methoxy groups -OCH3 is 2. The molecular weight excluding hydrogens is 435 g/mol. The fourth-order valence-electron chi connectivity index (χ4n) is 4.23. The van der Waals surface area contributed by atoms with E-state index in [1.54, 1.807) is 47.8 Å². The van der Waals surface area contributed by atoms with Crippen LogP contribution < -0.4 is 10.3 Å². The quantitative estimate of drug-likeness (QED) is 0.365. The highest BCUT2D eigenvalue weighted by atomic mass is 19.1. The van der Waals surface area contributed by atoms with E-state index in [-0.39, 0.29) is 18.0 Å². The number of pyridine rings is 1. The summed E-state index contributed by atoms with van der Waals surface area (Å²) in [6.45, 7) is 0.760. The van der Waals surface area contributed by atoms with E-state index >= 15 is 0 Å². The van der Waals surface area contributed by atoms with Crippen molar-refractivity contribution in [2.24, 2.45) is 0 Å². The maximum atomic E-state index is 13.5. The fraction of sp³-hybridized carbons (Fsp3) is 0.192. The van der Waals surface area contributed by atoms with Gasteiger partial charge in [-0.1, -0.05) is 30.3 Å². The summed E-state index contributed by atoms with van der Waals surface area (Å²) in [6, 6.07) is 15.8. The van der Waals surface area contributed by atoms with Gasteiger partial charge in [-0.25, -0.2) is 13.9 Å². The van der Waals surface area contributed by atoms with Crippen LogP contribution in [0.3, 0.4) is 0 Å². The molecule has 8 heteroatoms. The molecule has 0 amide bonds. The topological polar surface area (TPSA) is 70.7 Å². The van der Waals surface area contributed by atoms with Crippen LogP contribution in [0.4, 0.5) is 4.39 Å². The minimum absolute atomic E-state index is 0.145. The number of ether oxygens (including phenoxy) is 2. The lowest BCUT2D eigenvalue weighted by Crippen LogP contribution is -2.21. The first-order valence-electron chi connectivity index (χ1n) is 10.9. The molecule has 0 aliphatic heterocycles. The standard InChI is InChI=1S/C26H23FN4O3/c1-33-16-21-24(18-7-9-19(27)10-8-18)25-28-15-20-22(31(25)29-21)12-14-30(26(20)32)13-11-17-5-3-4-6-23(17)34-2/h3-10,12,14-15H,11,13,16H2,1-2H3. The van der Waals surface area contributed by atoms with Crippen LogP contribution in [0.15, 0.2) is 71.8 Å². The van der Waals surface area contributed by atoms with E-state index in [0.717, 1.165) is 22.4 Å². The van der Waals surface area contributed by atoms with Crippen molar-refractivity contribution in [2.75, 3.05) is 14.2 Å². The summed E-state index contributed by atoms with van der Waals surface area (Å²) < 4.78 is 27.6. The maximum Gasteiger partial charge on any atom is 0.261 e. The third-order valence-corrected chi connectivity index (χ3v) is 5.89. The van der Waals surface area contributed by atoms with E-state index < -0.39 is 0 Å². The summed E-state index contributed by atoms with van der Waals surface area (Å²) in [7, 11) is 3.23. The molecule has 5 rings (SSSR count). The molecule has 2 aromatic carbocycles. The molecule has 0 N–H and O–H groups in total. The third kappa shape index (κ3) is 3.82. The molecule has 0 radical (unpaired) electrons. The largest absolute Gasteiger partial charge is 0.496 e. The van der Waals surface area contributed by atoms with E-state index in [1.807, 2.05) is 30.3 Å². The summed E-state index contributed by atoms with van der Waals surface area (Å²) in [6.07, 6.45) is 4.01. The Kier molecular flexibility index (Phi) is 5.81. The zero-order chi connectivity index (χ0) is 23.7. The molecule has 172 valence electrons. The molecular formula is C26H23FN4O3. The van der Waals surface area contributed by atoms with Gasteiger partial charge in [-0.05, 0) is 41.8 Å². The van der Waals surface area contributed by atoms with Gasteiger partial charge in [0.05, 0.1) is 35.9 Å². The van der Waals surface area contributed by atoms with Gasteiger partial charge in [0.25, 0.3) is 5.56 Å². The first kappa shape index (κ1) is 21.8. The van der Waals surface area contributed by atoms with E-state index in [0.29, 0.717) is 35.2 Å². The summed E-state index contributed by atoms with van der Waals surface area (Å²) in [5, 5.41) is 5.15. The number of hydrogen-bond donors (Lipinski definition) is 0. The van der Waals surface area contributed by atoms with Crippen LogP contribution >= 0.6 is 0 Å². The Morgan fingerprint density at radius 2 is 1.82 bits per heavy atom. The molecule has 7 nitrogen and oxygen atoms in total. The molecule has 0 saturated carbocycles. The van der Waals surface area contributed by atoms with Crippen molar-refractivity contribution < 1.29 is 13.9 Å². The lowest BCUT2D eigenvalue weighted by Gasteiger charge is -2.10. The van der Waals surface area contributed by atoms with E-state index in [1.165, 1.54) is 12.1 Å². The van der Waals surface area contributed by atoms with E-state index in [2.05, 4.69) is 10.1 Å². The van der Waals surface area contributed by atoms with Crippen molar-refractivity contribution >= 4 is 16.6 Å². The van der Waals surface area contributed by atoms with Crippen LogP contribution in [-0.4, -0.2) is 33.4 Å². The molecule has 0 fully saturated rings. The number of nitrogens with zero attached hydrogens (tertiary/aromatic N) is 4. The number of aromatic nitrogens is 4. The van der Waals surface area contributed by atoms with Crippen LogP contribution in [-0.2, 0) is 24.3 Å². The van der Waals surface area contributed by atoms with Crippen LogP contribution in [0.5, 0.6) is 5.75 Å². The minimum atomic E-state index is -0.319. The first-order valence-corrected chi connectivity index (χ1v) is 10.9. The molecule has 0 atom stereocenters. The molecule has 0 spiro atoms. The highest BCUT2D eigenvalue weighted by Gasteiger charge is 2.19. The summed E-state index contributed by atoms with van der Waals surface area (Å²) in [5.74, 6) is 0.482. The molecule has 3 aromatic heterocycles. The van der Waals surface area contributed by atoms with Gasteiger partial charge in [-0.2, -0.15) is 5.10 Å². The fourth-order valence-corrected chi connectivity index (χ4v) is 4.23. The average molecular weight is 458 g/mol. The summed E-state index contributed by atoms with van der Waals surface area (Å²) >= 11 is 0. The van der Waals surface area contributed by atoms with Gasteiger partial charge in [0.15, 0.2) is 5.65 Å². The highest BCUT2D eigenvalue weighted by molar-refractivity contribution is 5.86. The minimum Gasteiger partial charge on any atom is -0.496 e. The van der Waals surface area contributed by atoms with Crippen LogP contribution in [0, 0.1) is 5.82 Å². The molecule has 0 unspecified atom stereocenters. The predicted octanol–water partition coefficient (Wildman–Crippen LogP) is 4.25. The second kappa shape index (κ2) is 9.07. The number of halogens is 1. The molecule has 34 heavy (non-hydrogen) atoms. The summed E-state index contributed by atoms with van der Waals surface area (Å²) in [5.41, 5.74) is 4.31. The zero-order valence-corrected chi connectivity index (χ0v) is 18.9. The maximum absolute atomic E-state index is 13.5. The second-order valence-electron chi connectivity index (χ2n) is 7.93. The van der Waals surface area contributed by atoms with Crippen LogP contribution in [0.1, 0.15) is 11.3 Å². The van der Waals surface area contributed by atoms with Gasteiger partial charge in [0.2, 0.25) is 0 Å². The Hall–Kier alpha value is -4.04. The average Bonchev–Trinajstić information content (AvgIpc) is 3.23. The van der Waals surface area contributed by atoms with Crippen molar-refractivity contribution in [1.82, 2.24) is 19.2 Å². The van der Waals surface area contributed by atoms with Gasteiger partial charge in [0, 0.05) is 26.0 Å². The number of hydrogen-bond acceptors (Lipinski definition) is 5. The molecule has 0 aliphatic rings. The van der Waals surface area contributed by atoms with Crippen molar-refractivity contribution in [2.45, 2.75) is 19.6 Å². The van der Waals surface area contributed by atoms with Crippen molar-refractivity contribution in [3.63, 3.8) is 0 Å². The van der Waals surface area contributed by atoms with E-state index in [9.17, 15) is 9.18 Å².